The fraction of sp³-hybridized carbons (Fsp3) is 0.429. The molecule has 5 nitrogen and oxygen atoms in total. The van der Waals surface area contributed by atoms with Gasteiger partial charge in [-0.1, -0.05) is 12.1 Å². The molecule has 1 atom stereocenters. The van der Waals surface area contributed by atoms with E-state index >= 15 is 0 Å². The summed E-state index contributed by atoms with van der Waals surface area (Å²) in [6, 6.07) is 7.43. The summed E-state index contributed by atoms with van der Waals surface area (Å²) in [5, 5.41) is 2.74. The van der Waals surface area contributed by atoms with Gasteiger partial charge in [0.25, 0.3) is 0 Å². The number of nitrogens with one attached hydrogen (secondary N) is 1. The normalized spacial score (nSPS) is 16.8. The van der Waals surface area contributed by atoms with Gasteiger partial charge in [-0.15, -0.1) is 0 Å². The minimum atomic E-state index is -0.198. The molecule has 19 heavy (non-hydrogen) atoms. The first kappa shape index (κ1) is 13.4. The van der Waals surface area contributed by atoms with Crippen molar-refractivity contribution in [2.24, 2.45) is 0 Å². The molecule has 0 spiro atoms. The quantitative estimate of drug-likeness (QED) is 0.870. The molecule has 0 radical (unpaired) electrons. The summed E-state index contributed by atoms with van der Waals surface area (Å²) in [6.45, 7) is 2.26. The van der Waals surface area contributed by atoms with Crippen molar-refractivity contribution in [1.29, 1.82) is 0 Å². The molecule has 1 aromatic carbocycles. The molecule has 1 aliphatic heterocycles. The predicted octanol–water partition coefficient (Wildman–Crippen LogP) is 1.31. The van der Waals surface area contributed by atoms with Gasteiger partial charge in [0.05, 0.1) is 6.54 Å². The number of hydrogen-bond donors (Lipinski definition) is 1. The van der Waals surface area contributed by atoms with Gasteiger partial charge in [-0.3, -0.25) is 4.79 Å². The standard InChI is InChI=1S/C14H17NO4/c1-10(16)6-7-14(17)15-8-11-9-18-12-4-2-3-5-13(12)19-11/h2-5,11H,6-9H2,1H3,(H,15,17). The molecule has 0 aromatic heterocycles. The lowest BCUT2D eigenvalue weighted by Crippen LogP contribution is -2.40. The zero-order valence-corrected chi connectivity index (χ0v) is 10.8. The lowest BCUT2D eigenvalue weighted by atomic mass is 10.2. The first-order valence-corrected chi connectivity index (χ1v) is 6.30. The maximum absolute atomic E-state index is 11.5. The Morgan fingerprint density at radius 1 is 1.26 bits per heavy atom. The lowest BCUT2D eigenvalue weighted by molar-refractivity contribution is -0.125. The molecule has 0 bridgehead atoms. The summed E-state index contributed by atoms with van der Waals surface area (Å²) in [4.78, 5) is 22.2. The van der Waals surface area contributed by atoms with Crippen LogP contribution in [0, 0.1) is 0 Å². The van der Waals surface area contributed by atoms with E-state index in [0.29, 0.717) is 18.9 Å². The first-order chi connectivity index (χ1) is 9.15. The van der Waals surface area contributed by atoms with Crippen molar-refractivity contribution in [3.63, 3.8) is 0 Å². The molecule has 0 aliphatic carbocycles. The SMILES string of the molecule is CC(=O)CCC(=O)NCC1COc2ccccc2O1. The second kappa shape index (κ2) is 6.22. The Morgan fingerprint density at radius 2 is 2.00 bits per heavy atom. The average Bonchev–Trinajstić information content (AvgIpc) is 2.42. The third kappa shape index (κ3) is 3.98. The third-order valence-corrected chi connectivity index (χ3v) is 2.80. The number of amides is 1. The maximum Gasteiger partial charge on any atom is 0.220 e. The highest BCUT2D eigenvalue weighted by molar-refractivity contribution is 5.83. The van der Waals surface area contributed by atoms with Crippen LogP contribution < -0.4 is 14.8 Å². The Hall–Kier alpha value is -2.04. The Morgan fingerprint density at radius 3 is 2.74 bits per heavy atom. The Bertz CT molecular complexity index is 472. The van der Waals surface area contributed by atoms with Gasteiger partial charge in [0, 0.05) is 12.8 Å². The number of fused-ring (bicyclic) bond motifs is 1. The summed E-state index contributed by atoms with van der Waals surface area (Å²) < 4.78 is 11.2. The number of benzene rings is 1. The third-order valence-electron chi connectivity index (χ3n) is 2.80. The Labute approximate surface area is 111 Å². The fourth-order valence-electron chi connectivity index (χ4n) is 1.77. The van der Waals surface area contributed by atoms with E-state index in [1.54, 1.807) is 0 Å². The van der Waals surface area contributed by atoms with E-state index in [1.807, 2.05) is 24.3 Å². The summed E-state index contributed by atoms with van der Waals surface area (Å²) in [5.74, 6) is 1.29. The Kier molecular flexibility index (Phi) is 4.39. The van der Waals surface area contributed by atoms with Gasteiger partial charge < -0.3 is 19.6 Å². The van der Waals surface area contributed by atoms with Crippen LogP contribution in [-0.4, -0.2) is 30.9 Å². The number of carbonyl (C=O) groups excluding carboxylic acids is 2. The van der Waals surface area contributed by atoms with Crippen molar-refractivity contribution in [1.82, 2.24) is 5.32 Å². The van der Waals surface area contributed by atoms with Crippen LogP contribution in [0.4, 0.5) is 0 Å². The van der Waals surface area contributed by atoms with Crippen LogP contribution >= 0.6 is 0 Å². The molecule has 1 aromatic rings. The van der Waals surface area contributed by atoms with Crippen LogP contribution in [0.15, 0.2) is 24.3 Å². The van der Waals surface area contributed by atoms with E-state index in [0.717, 1.165) is 5.75 Å². The summed E-state index contributed by atoms with van der Waals surface area (Å²) in [5.41, 5.74) is 0. The molecule has 1 N–H and O–H groups in total. The minimum absolute atomic E-state index is 0.0151. The largest absolute Gasteiger partial charge is 0.486 e. The second-order valence-corrected chi connectivity index (χ2v) is 4.50. The summed E-state index contributed by atoms with van der Waals surface area (Å²) in [6.07, 6.45) is 0.298. The van der Waals surface area contributed by atoms with E-state index in [1.165, 1.54) is 6.92 Å². The molecular weight excluding hydrogens is 246 g/mol. The van der Waals surface area contributed by atoms with Gasteiger partial charge in [-0.05, 0) is 19.1 Å². The molecule has 0 saturated heterocycles. The van der Waals surface area contributed by atoms with Gasteiger partial charge in [0.1, 0.15) is 18.5 Å². The van der Waals surface area contributed by atoms with E-state index in [9.17, 15) is 9.59 Å². The minimum Gasteiger partial charge on any atom is -0.486 e. The van der Waals surface area contributed by atoms with E-state index < -0.39 is 0 Å². The van der Waals surface area contributed by atoms with Crippen molar-refractivity contribution in [3.05, 3.63) is 24.3 Å². The number of carbonyl (C=O) groups is 2. The predicted molar refractivity (Wildman–Crippen MR) is 69.3 cm³/mol. The monoisotopic (exact) mass is 263 g/mol. The van der Waals surface area contributed by atoms with Crippen LogP contribution in [0.25, 0.3) is 0 Å². The fourth-order valence-corrected chi connectivity index (χ4v) is 1.77. The van der Waals surface area contributed by atoms with Gasteiger partial charge in [-0.2, -0.15) is 0 Å². The highest BCUT2D eigenvalue weighted by atomic mass is 16.6. The van der Waals surface area contributed by atoms with Crippen molar-refractivity contribution in [2.75, 3.05) is 13.2 Å². The van der Waals surface area contributed by atoms with E-state index in [4.69, 9.17) is 9.47 Å². The Balaban J connectivity index is 1.76. The number of hydrogen-bond acceptors (Lipinski definition) is 4. The molecule has 1 amide bonds. The molecule has 1 heterocycles. The molecule has 1 aliphatic rings. The summed E-state index contributed by atoms with van der Waals surface area (Å²) in [7, 11) is 0. The topological polar surface area (TPSA) is 64.6 Å². The van der Waals surface area contributed by atoms with Crippen molar-refractivity contribution < 1.29 is 19.1 Å². The zero-order chi connectivity index (χ0) is 13.7. The molecule has 0 fully saturated rings. The number of rotatable bonds is 5. The van der Waals surface area contributed by atoms with Crippen LogP contribution in [0.3, 0.4) is 0 Å². The van der Waals surface area contributed by atoms with Crippen LogP contribution in [0.1, 0.15) is 19.8 Å². The van der Waals surface area contributed by atoms with Gasteiger partial charge in [-0.25, -0.2) is 0 Å². The van der Waals surface area contributed by atoms with E-state index in [2.05, 4.69) is 5.32 Å². The summed E-state index contributed by atoms with van der Waals surface area (Å²) >= 11 is 0. The van der Waals surface area contributed by atoms with Crippen molar-refractivity contribution in [2.45, 2.75) is 25.9 Å². The van der Waals surface area contributed by atoms with Gasteiger partial charge in [0.15, 0.2) is 11.5 Å². The second-order valence-electron chi connectivity index (χ2n) is 4.50. The number of ketones is 1. The number of para-hydroxylation sites is 2. The highest BCUT2D eigenvalue weighted by Gasteiger charge is 2.20. The molecular formula is C14H17NO4. The number of ether oxygens (including phenoxy) is 2. The average molecular weight is 263 g/mol. The smallest absolute Gasteiger partial charge is 0.220 e. The van der Waals surface area contributed by atoms with Crippen molar-refractivity contribution in [3.8, 4) is 11.5 Å². The highest BCUT2D eigenvalue weighted by Crippen LogP contribution is 2.30. The van der Waals surface area contributed by atoms with Crippen LogP contribution in [-0.2, 0) is 9.59 Å². The molecule has 5 heteroatoms. The van der Waals surface area contributed by atoms with E-state index in [-0.39, 0.29) is 30.6 Å². The molecule has 102 valence electrons. The molecule has 1 unspecified atom stereocenters. The van der Waals surface area contributed by atoms with Crippen LogP contribution in [0.2, 0.25) is 0 Å². The lowest BCUT2D eigenvalue weighted by Gasteiger charge is -2.26. The number of Topliss-reactive ketones (excluding diaryl/α,β-unsaturated/α-hetero) is 1. The molecule has 0 saturated carbocycles. The molecule has 2 rings (SSSR count). The van der Waals surface area contributed by atoms with Crippen LogP contribution in [0.5, 0.6) is 11.5 Å². The van der Waals surface area contributed by atoms with Crippen molar-refractivity contribution >= 4 is 11.7 Å². The maximum atomic E-state index is 11.5. The van der Waals surface area contributed by atoms with Gasteiger partial charge in [0.2, 0.25) is 5.91 Å². The zero-order valence-electron chi connectivity index (χ0n) is 10.8. The van der Waals surface area contributed by atoms with Gasteiger partial charge >= 0.3 is 0 Å². The first-order valence-electron chi connectivity index (χ1n) is 6.30.